The Hall–Kier alpha value is -2.81. The fraction of sp³-hybridized carbons (Fsp3) is 0.550. The van der Waals surface area contributed by atoms with Gasteiger partial charge in [0, 0.05) is 43.8 Å². The van der Waals surface area contributed by atoms with Crippen molar-refractivity contribution in [1.29, 1.82) is 0 Å². The summed E-state index contributed by atoms with van der Waals surface area (Å²) in [5.74, 6) is 0.776. The Morgan fingerprint density at radius 3 is 3.03 bits per heavy atom. The lowest BCUT2D eigenvalue weighted by Gasteiger charge is -2.29. The van der Waals surface area contributed by atoms with E-state index in [9.17, 15) is 14.4 Å². The molecule has 3 saturated heterocycles. The summed E-state index contributed by atoms with van der Waals surface area (Å²) in [7, 11) is 0. The Kier molecular flexibility index (Phi) is 4.34. The highest BCUT2D eigenvalue weighted by molar-refractivity contribution is 5.93. The first-order valence-electron chi connectivity index (χ1n) is 9.97. The Morgan fingerprint density at radius 1 is 1.38 bits per heavy atom. The van der Waals surface area contributed by atoms with E-state index >= 15 is 0 Å². The molecule has 0 aliphatic carbocycles. The first-order valence-corrected chi connectivity index (χ1v) is 9.97. The van der Waals surface area contributed by atoms with Crippen LogP contribution in [0.3, 0.4) is 0 Å². The normalized spacial score (nSPS) is 29.9. The van der Waals surface area contributed by atoms with Gasteiger partial charge in [-0.25, -0.2) is 0 Å². The number of H-pyrrole nitrogens is 1. The third kappa shape index (κ3) is 3.19. The molecule has 2 aromatic heterocycles. The number of hydrogen-bond donors (Lipinski definition) is 2. The van der Waals surface area contributed by atoms with Crippen LogP contribution in [-0.4, -0.2) is 53.2 Å². The van der Waals surface area contributed by atoms with Gasteiger partial charge >= 0.3 is 0 Å². The molecule has 2 aromatic rings. The summed E-state index contributed by atoms with van der Waals surface area (Å²) in [6, 6.07) is 3.00. The molecule has 1 spiro atoms. The summed E-state index contributed by atoms with van der Waals surface area (Å²) in [6.45, 7) is 1.76. The van der Waals surface area contributed by atoms with Gasteiger partial charge in [0.15, 0.2) is 0 Å². The number of carbonyl (C=O) groups is 2. The lowest BCUT2D eigenvalue weighted by Crippen LogP contribution is -2.41. The summed E-state index contributed by atoms with van der Waals surface area (Å²) in [5, 5.41) is 5.22. The van der Waals surface area contributed by atoms with E-state index in [0.717, 1.165) is 12.8 Å². The van der Waals surface area contributed by atoms with Crippen LogP contribution >= 0.6 is 0 Å². The molecular formula is C20H23N3O6. The van der Waals surface area contributed by atoms with Gasteiger partial charge < -0.3 is 23.9 Å². The molecule has 5 rings (SSSR count). The standard InChI is InChI=1S/C20H23N3O6/c24-17-7-13(29-22-17)1-2-18(25)23-9-15-14(16-3-5-20(15,11-23)28-16)8-21-19(26)12-4-6-27-10-12/h4,6-7,10,14-16H,1-3,5,8-9,11H2,(H,21,26)(H,22,24)/t14-,15+,16+,20+/m0/s1. The fourth-order valence-corrected chi connectivity index (χ4v) is 5.19. The summed E-state index contributed by atoms with van der Waals surface area (Å²) in [6.07, 6.45) is 5.62. The van der Waals surface area contributed by atoms with Crippen molar-refractivity contribution in [3.05, 3.63) is 46.3 Å². The minimum absolute atomic E-state index is 0.0332. The average molecular weight is 401 g/mol. The molecule has 3 aliphatic heterocycles. The maximum absolute atomic E-state index is 12.7. The van der Waals surface area contributed by atoms with Gasteiger partial charge in [-0.15, -0.1) is 0 Å². The quantitative estimate of drug-likeness (QED) is 0.744. The minimum atomic E-state index is -0.298. The molecule has 3 aliphatic rings. The largest absolute Gasteiger partial charge is 0.472 e. The van der Waals surface area contributed by atoms with Gasteiger partial charge in [-0.05, 0) is 18.9 Å². The number of ether oxygens (including phenoxy) is 1. The summed E-state index contributed by atoms with van der Waals surface area (Å²) >= 11 is 0. The third-order valence-electron chi connectivity index (χ3n) is 6.58. The SMILES string of the molecule is O=C(NC[C@H]1[C@H]2CN(C(=O)CCc3cc(=O)[nH]o3)C[C@]23CC[C@H]1O3)c1ccoc1. The lowest BCUT2D eigenvalue weighted by atomic mass is 9.73. The van der Waals surface area contributed by atoms with Crippen LogP contribution < -0.4 is 10.9 Å². The van der Waals surface area contributed by atoms with Crippen molar-refractivity contribution in [2.45, 2.75) is 37.4 Å². The third-order valence-corrected chi connectivity index (χ3v) is 6.58. The maximum Gasteiger partial charge on any atom is 0.280 e. The second-order valence-corrected chi connectivity index (χ2v) is 8.21. The zero-order valence-electron chi connectivity index (χ0n) is 15.9. The van der Waals surface area contributed by atoms with E-state index in [0.29, 0.717) is 37.4 Å². The molecular weight excluding hydrogens is 378 g/mol. The minimum Gasteiger partial charge on any atom is -0.472 e. The number of furan rings is 1. The number of nitrogens with zero attached hydrogens (tertiary/aromatic N) is 1. The highest BCUT2D eigenvalue weighted by Crippen LogP contribution is 2.54. The van der Waals surface area contributed by atoms with Gasteiger partial charge in [-0.2, -0.15) is 5.16 Å². The summed E-state index contributed by atoms with van der Waals surface area (Å²) < 4.78 is 16.3. The van der Waals surface area contributed by atoms with Crippen molar-refractivity contribution in [2.24, 2.45) is 11.8 Å². The number of aryl methyl sites for hydroxylation is 1. The zero-order valence-corrected chi connectivity index (χ0v) is 15.9. The summed E-state index contributed by atoms with van der Waals surface area (Å²) in [5.41, 5.74) is -0.0809. The molecule has 5 heterocycles. The van der Waals surface area contributed by atoms with Crippen LogP contribution in [0, 0.1) is 11.8 Å². The van der Waals surface area contributed by atoms with E-state index in [2.05, 4.69) is 10.5 Å². The molecule has 4 atom stereocenters. The van der Waals surface area contributed by atoms with Crippen molar-refractivity contribution in [3.63, 3.8) is 0 Å². The molecule has 0 saturated carbocycles. The Bertz CT molecular complexity index is 963. The number of amides is 2. The highest BCUT2D eigenvalue weighted by Gasteiger charge is 2.63. The van der Waals surface area contributed by atoms with E-state index in [1.54, 1.807) is 6.07 Å². The number of rotatable bonds is 6. The number of aromatic nitrogens is 1. The van der Waals surface area contributed by atoms with E-state index in [4.69, 9.17) is 13.7 Å². The average Bonchev–Trinajstić information content (AvgIpc) is 3.51. The van der Waals surface area contributed by atoms with E-state index in [1.807, 2.05) is 4.90 Å². The maximum atomic E-state index is 12.7. The van der Waals surface area contributed by atoms with Gasteiger partial charge in [0.2, 0.25) is 5.91 Å². The Balaban J connectivity index is 1.20. The molecule has 0 aromatic carbocycles. The number of aromatic amines is 1. The van der Waals surface area contributed by atoms with Crippen molar-refractivity contribution in [2.75, 3.05) is 19.6 Å². The molecule has 2 amide bonds. The van der Waals surface area contributed by atoms with Gasteiger partial charge in [0.1, 0.15) is 12.0 Å². The molecule has 0 unspecified atom stereocenters. The Morgan fingerprint density at radius 2 is 2.28 bits per heavy atom. The lowest BCUT2D eigenvalue weighted by molar-refractivity contribution is -0.131. The zero-order chi connectivity index (χ0) is 20.0. The second kappa shape index (κ2) is 6.91. The van der Waals surface area contributed by atoms with E-state index < -0.39 is 0 Å². The molecule has 9 nitrogen and oxygen atoms in total. The van der Waals surface area contributed by atoms with Crippen LogP contribution in [0.1, 0.15) is 35.4 Å². The number of hydrogen-bond acceptors (Lipinski definition) is 6. The fourth-order valence-electron chi connectivity index (χ4n) is 5.19. The first kappa shape index (κ1) is 18.2. The molecule has 2 N–H and O–H groups in total. The van der Waals surface area contributed by atoms with Crippen molar-refractivity contribution in [3.8, 4) is 0 Å². The molecule has 0 radical (unpaired) electrons. The van der Waals surface area contributed by atoms with Crippen molar-refractivity contribution in [1.82, 2.24) is 15.4 Å². The van der Waals surface area contributed by atoms with Crippen LogP contribution in [-0.2, 0) is 16.0 Å². The van der Waals surface area contributed by atoms with Crippen LogP contribution in [0.15, 0.2) is 38.4 Å². The topological polar surface area (TPSA) is 118 Å². The van der Waals surface area contributed by atoms with Crippen molar-refractivity contribution < 1.29 is 23.3 Å². The number of likely N-dealkylation sites (tertiary alicyclic amines) is 1. The Labute approximate surface area is 166 Å². The molecule has 9 heteroatoms. The first-order chi connectivity index (χ1) is 14.0. The molecule has 2 bridgehead atoms. The highest BCUT2D eigenvalue weighted by atomic mass is 16.5. The molecule has 3 fully saturated rings. The predicted molar refractivity (Wildman–Crippen MR) is 99.1 cm³/mol. The van der Waals surface area contributed by atoms with Crippen LogP contribution in [0.4, 0.5) is 0 Å². The van der Waals surface area contributed by atoms with Crippen LogP contribution in [0.2, 0.25) is 0 Å². The number of nitrogens with one attached hydrogen (secondary N) is 2. The molecule has 29 heavy (non-hydrogen) atoms. The smallest absolute Gasteiger partial charge is 0.280 e. The van der Waals surface area contributed by atoms with Gasteiger partial charge in [0.05, 0.1) is 30.1 Å². The van der Waals surface area contributed by atoms with E-state index in [-0.39, 0.29) is 47.3 Å². The van der Waals surface area contributed by atoms with E-state index in [1.165, 1.54) is 18.6 Å². The second-order valence-electron chi connectivity index (χ2n) is 8.21. The number of fused-ring (bicyclic) bond motifs is 1. The van der Waals surface area contributed by atoms with Crippen molar-refractivity contribution >= 4 is 11.8 Å². The van der Waals surface area contributed by atoms with Crippen LogP contribution in [0.25, 0.3) is 0 Å². The number of carbonyl (C=O) groups excluding carboxylic acids is 2. The van der Waals surface area contributed by atoms with Gasteiger partial charge in [-0.3, -0.25) is 14.4 Å². The van der Waals surface area contributed by atoms with Gasteiger partial charge in [0.25, 0.3) is 11.5 Å². The predicted octanol–water partition coefficient (Wildman–Crippen LogP) is 0.929. The van der Waals surface area contributed by atoms with Gasteiger partial charge in [-0.1, -0.05) is 0 Å². The monoisotopic (exact) mass is 401 g/mol. The summed E-state index contributed by atoms with van der Waals surface area (Å²) in [4.78, 5) is 38.0. The molecule has 154 valence electrons. The van der Waals surface area contributed by atoms with Crippen LogP contribution in [0.5, 0.6) is 0 Å².